The molecule has 1 aliphatic carbocycles. The third kappa shape index (κ3) is 2.38. The van der Waals surface area contributed by atoms with Crippen molar-refractivity contribution >= 4 is 43.8 Å². The van der Waals surface area contributed by atoms with Crippen LogP contribution in [0.3, 0.4) is 0 Å². The van der Waals surface area contributed by atoms with E-state index in [1.54, 1.807) is 18.3 Å². The Bertz CT molecular complexity index is 967. The summed E-state index contributed by atoms with van der Waals surface area (Å²) in [5.74, 6) is -0.250. The maximum Gasteiger partial charge on any atom is 0.311 e. The van der Waals surface area contributed by atoms with Gasteiger partial charge in [0.1, 0.15) is 4.83 Å². The molecule has 0 aromatic carbocycles. The molecule has 0 amide bonds. The van der Waals surface area contributed by atoms with Gasteiger partial charge in [0.2, 0.25) is 0 Å². The van der Waals surface area contributed by atoms with E-state index in [1.807, 2.05) is 9.78 Å². The van der Waals surface area contributed by atoms with Crippen LogP contribution in [0.15, 0.2) is 10.2 Å². The molecule has 5 nitrogen and oxygen atoms in total. The summed E-state index contributed by atoms with van der Waals surface area (Å²) in [7, 11) is 0. The van der Waals surface area contributed by atoms with Gasteiger partial charge in [0, 0.05) is 16.0 Å². The Hall–Kier alpha value is -1.73. The van der Waals surface area contributed by atoms with E-state index in [-0.39, 0.29) is 17.9 Å². The van der Waals surface area contributed by atoms with Gasteiger partial charge < -0.3 is 4.74 Å². The molecule has 0 radical (unpaired) electrons. The summed E-state index contributed by atoms with van der Waals surface area (Å²) in [5.41, 5.74) is 1.89. The van der Waals surface area contributed by atoms with E-state index in [0.29, 0.717) is 11.6 Å². The van der Waals surface area contributed by atoms with Crippen molar-refractivity contribution in [2.24, 2.45) is 0 Å². The number of thiazole rings is 1. The lowest BCUT2D eigenvalue weighted by Crippen LogP contribution is -2.13. The Balaban J connectivity index is 1.95. The number of aryl methyl sites for hydroxylation is 2. The molecule has 0 saturated carbocycles. The molecule has 3 aromatic rings. The molecule has 4 rings (SSSR count). The number of aromatic nitrogens is 2. The summed E-state index contributed by atoms with van der Waals surface area (Å²) >= 11 is 3.08. The number of hydrogen-bond acceptors (Lipinski definition) is 6. The van der Waals surface area contributed by atoms with Gasteiger partial charge in [-0.1, -0.05) is 0 Å². The van der Waals surface area contributed by atoms with E-state index < -0.39 is 0 Å². The number of esters is 1. The summed E-state index contributed by atoms with van der Waals surface area (Å²) in [6.45, 7) is 2.17. The minimum Gasteiger partial charge on any atom is -0.466 e. The first kappa shape index (κ1) is 14.8. The third-order valence-corrected chi connectivity index (χ3v) is 6.33. The van der Waals surface area contributed by atoms with E-state index in [4.69, 9.17) is 4.74 Å². The SMILES string of the molecule is CCOC(=O)Cc1csc2nc(=O)c3c4c(sc3n12)CCCC4. The molecule has 0 N–H and O–H groups in total. The molecule has 1 aliphatic rings. The molecule has 0 unspecified atom stereocenters. The van der Waals surface area contributed by atoms with Crippen molar-refractivity contribution in [1.82, 2.24) is 9.38 Å². The number of hydrogen-bond donors (Lipinski definition) is 0. The second-order valence-corrected chi connectivity index (χ2v) is 7.56. The highest BCUT2D eigenvalue weighted by molar-refractivity contribution is 7.19. The third-order valence-electron chi connectivity index (χ3n) is 4.18. The van der Waals surface area contributed by atoms with E-state index in [1.165, 1.54) is 28.2 Å². The predicted molar refractivity (Wildman–Crippen MR) is 91.7 cm³/mol. The van der Waals surface area contributed by atoms with E-state index >= 15 is 0 Å². The first-order valence-corrected chi connectivity index (χ1v) is 9.47. The smallest absolute Gasteiger partial charge is 0.311 e. The normalized spacial score (nSPS) is 14.3. The lowest BCUT2D eigenvalue weighted by atomic mass is 9.97. The van der Waals surface area contributed by atoms with Crippen molar-refractivity contribution < 1.29 is 9.53 Å². The van der Waals surface area contributed by atoms with Crippen molar-refractivity contribution in [1.29, 1.82) is 0 Å². The van der Waals surface area contributed by atoms with Gasteiger partial charge in [0.15, 0.2) is 4.96 Å². The molecule has 0 aliphatic heterocycles. The highest BCUT2D eigenvalue weighted by atomic mass is 32.1. The molecule has 0 atom stereocenters. The monoisotopic (exact) mass is 348 g/mol. The van der Waals surface area contributed by atoms with E-state index in [9.17, 15) is 9.59 Å². The molecular formula is C16H16N2O3S2. The fourth-order valence-electron chi connectivity index (χ4n) is 3.20. The highest BCUT2D eigenvalue weighted by Crippen LogP contribution is 2.35. The average molecular weight is 348 g/mol. The largest absolute Gasteiger partial charge is 0.466 e. The Kier molecular flexibility index (Phi) is 3.69. The Morgan fingerprint density at radius 1 is 1.39 bits per heavy atom. The minimum absolute atomic E-state index is 0.135. The zero-order chi connectivity index (χ0) is 16.0. The van der Waals surface area contributed by atoms with Crippen LogP contribution in [0.1, 0.15) is 35.9 Å². The van der Waals surface area contributed by atoms with E-state index in [0.717, 1.165) is 35.2 Å². The van der Waals surface area contributed by atoms with Crippen molar-refractivity contribution in [3.63, 3.8) is 0 Å². The number of ether oxygens (including phenoxy) is 1. The summed E-state index contributed by atoms with van der Waals surface area (Å²) in [5, 5.41) is 2.65. The van der Waals surface area contributed by atoms with Crippen LogP contribution in [-0.4, -0.2) is 22.0 Å². The molecule has 23 heavy (non-hydrogen) atoms. The molecule has 120 valence electrons. The lowest BCUT2D eigenvalue weighted by molar-refractivity contribution is -0.142. The van der Waals surface area contributed by atoms with Crippen LogP contribution in [0.2, 0.25) is 0 Å². The second kappa shape index (κ2) is 5.72. The van der Waals surface area contributed by atoms with Crippen LogP contribution >= 0.6 is 22.7 Å². The maximum absolute atomic E-state index is 12.5. The quantitative estimate of drug-likeness (QED) is 0.683. The van der Waals surface area contributed by atoms with Gasteiger partial charge in [-0.15, -0.1) is 22.7 Å². The summed E-state index contributed by atoms with van der Waals surface area (Å²) in [6.07, 6.45) is 4.49. The van der Waals surface area contributed by atoms with Crippen LogP contribution < -0.4 is 5.56 Å². The predicted octanol–water partition coefficient (Wildman–Crippen LogP) is 2.96. The van der Waals surface area contributed by atoms with Crippen LogP contribution in [0.5, 0.6) is 0 Å². The van der Waals surface area contributed by atoms with Crippen molar-refractivity contribution in [3.05, 3.63) is 31.9 Å². The van der Waals surface area contributed by atoms with Crippen LogP contribution in [0.4, 0.5) is 0 Å². The molecule has 3 heterocycles. The number of rotatable bonds is 3. The van der Waals surface area contributed by atoms with Crippen molar-refractivity contribution in [2.75, 3.05) is 6.61 Å². The molecule has 0 spiro atoms. The number of carbonyl (C=O) groups is 1. The van der Waals surface area contributed by atoms with Crippen LogP contribution in [0.25, 0.3) is 15.2 Å². The van der Waals surface area contributed by atoms with E-state index in [2.05, 4.69) is 4.98 Å². The standard InChI is InChI=1S/C16H16N2O3S2/c1-2-21-12(19)7-9-8-22-16-17-14(20)13-10-5-3-4-6-11(10)23-15(13)18(9)16/h8H,2-7H2,1H3. The minimum atomic E-state index is -0.250. The van der Waals surface area contributed by atoms with Crippen LogP contribution in [0, 0.1) is 0 Å². The van der Waals surface area contributed by atoms with Crippen molar-refractivity contribution in [2.45, 2.75) is 39.0 Å². The highest BCUT2D eigenvalue weighted by Gasteiger charge is 2.22. The maximum atomic E-state index is 12.5. The van der Waals surface area contributed by atoms with Gasteiger partial charge in [0.25, 0.3) is 5.56 Å². The molecule has 0 bridgehead atoms. The number of thiophene rings is 1. The Morgan fingerprint density at radius 2 is 2.22 bits per heavy atom. The fourth-order valence-corrected chi connectivity index (χ4v) is 5.55. The van der Waals surface area contributed by atoms with Gasteiger partial charge in [-0.3, -0.25) is 14.0 Å². The van der Waals surface area contributed by atoms with Gasteiger partial charge in [-0.2, -0.15) is 4.98 Å². The molecule has 0 saturated heterocycles. The first-order valence-electron chi connectivity index (χ1n) is 7.78. The Morgan fingerprint density at radius 3 is 3.04 bits per heavy atom. The molecule has 7 heteroatoms. The zero-order valence-corrected chi connectivity index (χ0v) is 14.4. The topological polar surface area (TPSA) is 60.7 Å². The summed E-state index contributed by atoms with van der Waals surface area (Å²) in [4.78, 5) is 31.4. The van der Waals surface area contributed by atoms with Gasteiger partial charge in [-0.25, -0.2) is 0 Å². The first-order chi connectivity index (χ1) is 11.2. The lowest BCUT2D eigenvalue weighted by Gasteiger charge is -2.09. The summed E-state index contributed by atoms with van der Waals surface area (Å²) < 4.78 is 7.03. The van der Waals surface area contributed by atoms with Gasteiger partial charge in [0.05, 0.1) is 18.4 Å². The zero-order valence-electron chi connectivity index (χ0n) is 12.8. The van der Waals surface area contributed by atoms with Gasteiger partial charge in [-0.05, 0) is 38.2 Å². The molecule has 3 aromatic heterocycles. The number of fused-ring (bicyclic) bond motifs is 5. The van der Waals surface area contributed by atoms with Crippen molar-refractivity contribution in [3.8, 4) is 0 Å². The average Bonchev–Trinajstić information content (AvgIpc) is 3.09. The number of carbonyl (C=O) groups excluding carboxylic acids is 1. The summed E-state index contributed by atoms with van der Waals surface area (Å²) in [6, 6.07) is 0. The van der Waals surface area contributed by atoms with Gasteiger partial charge >= 0.3 is 5.97 Å². The molecular weight excluding hydrogens is 332 g/mol. The van der Waals surface area contributed by atoms with Crippen LogP contribution in [-0.2, 0) is 28.8 Å². The Labute approximate surface area is 140 Å². The molecule has 0 fully saturated rings. The fraction of sp³-hybridized carbons (Fsp3) is 0.438. The number of nitrogens with zero attached hydrogens (tertiary/aromatic N) is 2. The second-order valence-electron chi connectivity index (χ2n) is 5.63.